The zero-order chi connectivity index (χ0) is 13.5. The van der Waals surface area contributed by atoms with Gasteiger partial charge in [0.25, 0.3) is 0 Å². The van der Waals surface area contributed by atoms with E-state index < -0.39 is 0 Å². The van der Waals surface area contributed by atoms with E-state index in [4.69, 9.17) is 6.42 Å². The third kappa shape index (κ3) is 7.85. The van der Waals surface area contributed by atoms with Gasteiger partial charge in [0, 0.05) is 13.0 Å². The summed E-state index contributed by atoms with van der Waals surface area (Å²) in [6.07, 6.45) is 7.92. The minimum absolute atomic E-state index is 0.196. The molecule has 0 aliphatic heterocycles. The zero-order valence-corrected chi connectivity index (χ0v) is 12.0. The molecular formula is C15H27NO. The van der Waals surface area contributed by atoms with Crippen LogP contribution in [0.4, 0.5) is 0 Å². The lowest BCUT2D eigenvalue weighted by atomic mass is 9.84. The summed E-state index contributed by atoms with van der Waals surface area (Å²) in [6.45, 7) is 12.0. The molecule has 0 rings (SSSR count). The van der Waals surface area contributed by atoms with Gasteiger partial charge in [-0.25, -0.2) is 0 Å². The van der Waals surface area contributed by atoms with Crippen LogP contribution in [0.1, 0.15) is 53.9 Å². The minimum Gasteiger partial charge on any atom is -0.332 e. The maximum Gasteiger partial charge on any atom is 0.223 e. The highest BCUT2D eigenvalue weighted by Crippen LogP contribution is 2.26. The van der Waals surface area contributed by atoms with Gasteiger partial charge in [-0.15, -0.1) is 6.42 Å². The molecule has 0 spiro atoms. The van der Waals surface area contributed by atoms with E-state index in [2.05, 4.69) is 40.5 Å². The van der Waals surface area contributed by atoms with Crippen molar-refractivity contribution in [2.75, 3.05) is 13.1 Å². The molecule has 0 aromatic carbocycles. The Morgan fingerprint density at radius 1 is 1.41 bits per heavy atom. The van der Waals surface area contributed by atoms with E-state index >= 15 is 0 Å². The monoisotopic (exact) mass is 237 g/mol. The largest absolute Gasteiger partial charge is 0.332 e. The molecule has 0 bridgehead atoms. The van der Waals surface area contributed by atoms with Crippen LogP contribution in [0, 0.1) is 23.7 Å². The zero-order valence-electron chi connectivity index (χ0n) is 12.0. The van der Waals surface area contributed by atoms with Gasteiger partial charge in [0.2, 0.25) is 5.91 Å². The molecule has 0 aliphatic carbocycles. The Labute approximate surface area is 107 Å². The molecule has 0 aromatic rings. The fraction of sp³-hybridized carbons (Fsp3) is 0.800. The Balaban J connectivity index is 4.25. The van der Waals surface area contributed by atoms with Gasteiger partial charge in [-0.05, 0) is 24.2 Å². The molecule has 0 radical (unpaired) electrons. The Morgan fingerprint density at radius 2 is 2.00 bits per heavy atom. The van der Waals surface area contributed by atoms with Crippen LogP contribution in [0.5, 0.6) is 0 Å². The first-order valence-electron chi connectivity index (χ1n) is 6.51. The average molecular weight is 237 g/mol. The van der Waals surface area contributed by atoms with Gasteiger partial charge in [-0.2, -0.15) is 0 Å². The smallest absolute Gasteiger partial charge is 0.223 e. The number of carbonyl (C=O) groups excluding carboxylic acids is 1. The van der Waals surface area contributed by atoms with Crippen molar-refractivity contribution in [2.45, 2.75) is 53.9 Å². The van der Waals surface area contributed by atoms with E-state index in [1.54, 1.807) is 4.90 Å². The van der Waals surface area contributed by atoms with E-state index in [-0.39, 0.29) is 11.3 Å². The maximum absolute atomic E-state index is 12.0. The highest BCUT2D eigenvalue weighted by Gasteiger charge is 2.20. The minimum atomic E-state index is 0.196. The molecule has 0 saturated carbocycles. The summed E-state index contributed by atoms with van der Waals surface area (Å²) in [5.74, 6) is 3.17. The molecule has 0 aromatic heterocycles. The number of carbonyl (C=O) groups is 1. The quantitative estimate of drug-likeness (QED) is 0.649. The van der Waals surface area contributed by atoms with Gasteiger partial charge in [-0.1, -0.05) is 40.5 Å². The van der Waals surface area contributed by atoms with E-state index in [0.29, 0.717) is 18.9 Å². The molecule has 1 amide bonds. The van der Waals surface area contributed by atoms with Crippen LogP contribution in [0.25, 0.3) is 0 Å². The molecule has 98 valence electrons. The summed E-state index contributed by atoms with van der Waals surface area (Å²) in [5, 5.41) is 0. The van der Waals surface area contributed by atoms with Crippen LogP contribution < -0.4 is 0 Å². The van der Waals surface area contributed by atoms with Crippen molar-refractivity contribution in [3.63, 3.8) is 0 Å². The first kappa shape index (κ1) is 16.0. The van der Waals surface area contributed by atoms with Gasteiger partial charge in [0.15, 0.2) is 0 Å². The van der Waals surface area contributed by atoms with Crippen molar-refractivity contribution in [2.24, 2.45) is 11.3 Å². The van der Waals surface area contributed by atoms with Crippen LogP contribution in [0.15, 0.2) is 0 Å². The second-order valence-electron chi connectivity index (χ2n) is 6.09. The number of hydrogen-bond donors (Lipinski definition) is 0. The van der Waals surface area contributed by atoms with Crippen LogP contribution in [-0.2, 0) is 4.79 Å². The van der Waals surface area contributed by atoms with Crippen LogP contribution in [0.2, 0.25) is 0 Å². The Bertz CT molecular complexity index is 270. The predicted octanol–water partition coefficient (Wildman–Crippen LogP) is 3.32. The highest BCUT2D eigenvalue weighted by molar-refractivity contribution is 5.76. The van der Waals surface area contributed by atoms with Crippen LogP contribution in [-0.4, -0.2) is 23.9 Å². The fourth-order valence-electron chi connectivity index (χ4n) is 2.22. The molecule has 2 nitrogen and oxygen atoms in total. The van der Waals surface area contributed by atoms with Gasteiger partial charge >= 0.3 is 0 Å². The van der Waals surface area contributed by atoms with Crippen molar-refractivity contribution >= 4 is 5.91 Å². The fourth-order valence-corrected chi connectivity index (χ4v) is 2.22. The second-order valence-corrected chi connectivity index (χ2v) is 6.09. The summed E-state index contributed by atoms with van der Waals surface area (Å²) in [7, 11) is 0. The molecule has 0 saturated heterocycles. The van der Waals surface area contributed by atoms with Crippen molar-refractivity contribution in [1.29, 1.82) is 0 Å². The summed E-state index contributed by atoms with van der Waals surface area (Å²) in [6, 6.07) is 0. The summed E-state index contributed by atoms with van der Waals surface area (Å²) in [5.41, 5.74) is 0.279. The molecule has 1 unspecified atom stereocenters. The lowest BCUT2D eigenvalue weighted by Gasteiger charge is -2.25. The lowest BCUT2D eigenvalue weighted by molar-refractivity contribution is -0.131. The first-order valence-corrected chi connectivity index (χ1v) is 6.51. The average Bonchev–Trinajstić information content (AvgIpc) is 2.14. The number of rotatable bonds is 6. The SMILES string of the molecule is C#CCN(CCC)C(=O)CC(C)CC(C)(C)C. The third-order valence-electron chi connectivity index (χ3n) is 2.61. The molecule has 1 atom stereocenters. The molecule has 0 N–H and O–H groups in total. The van der Waals surface area contributed by atoms with Gasteiger partial charge in [-0.3, -0.25) is 4.79 Å². The third-order valence-corrected chi connectivity index (χ3v) is 2.61. The number of hydrogen-bond acceptors (Lipinski definition) is 1. The van der Waals surface area contributed by atoms with E-state index in [1.165, 1.54) is 0 Å². The molecule has 0 fully saturated rings. The van der Waals surface area contributed by atoms with Crippen molar-refractivity contribution in [3.8, 4) is 12.3 Å². The maximum atomic E-state index is 12.0. The predicted molar refractivity (Wildman–Crippen MR) is 73.6 cm³/mol. The Kier molecular flexibility index (Phi) is 6.95. The Morgan fingerprint density at radius 3 is 2.41 bits per heavy atom. The van der Waals surface area contributed by atoms with Crippen molar-refractivity contribution in [1.82, 2.24) is 4.90 Å². The molecular weight excluding hydrogens is 210 g/mol. The number of nitrogens with zero attached hydrogens (tertiary/aromatic N) is 1. The van der Waals surface area contributed by atoms with Crippen LogP contribution in [0.3, 0.4) is 0 Å². The summed E-state index contributed by atoms with van der Waals surface area (Å²) < 4.78 is 0. The number of terminal acetylenes is 1. The topological polar surface area (TPSA) is 20.3 Å². The van der Waals surface area contributed by atoms with Crippen molar-refractivity contribution in [3.05, 3.63) is 0 Å². The van der Waals surface area contributed by atoms with E-state index in [9.17, 15) is 4.79 Å². The van der Waals surface area contributed by atoms with Gasteiger partial charge in [0.1, 0.15) is 0 Å². The first-order chi connectivity index (χ1) is 7.80. The van der Waals surface area contributed by atoms with Gasteiger partial charge < -0.3 is 4.90 Å². The number of amides is 1. The van der Waals surface area contributed by atoms with Crippen molar-refractivity contribution < 1.29 is 4.79 Å². The Hall–Kier alpha value is -0.970. The van der Waals surface area contributed by atoms with Crippen LogP contribution >= 0.6 is 0 Å². The molecule has 17 heavy (non-hydrogen) atoms. The standard InChI is InChI=1S/C15H27NO/c1-7-9-16(10-8-2)14(17)11-13(3)12-15(4,5)6/h1,13H,8-12H2,2-6H3. The molecule has 0 heterocycles. The van der Waals surface area contributed by atoms with E-state index in [0.717, 1.165) is 19.4 Å². The van der Waals surface area contributed by atoms with Gasteiger partial charge in [0.05, 0.1) is 6.54 Å². The molecule has 2 heteroatoms. The summed E-state index contributed by atoms with van der Waals surface area (Å²) >= 11 is 0. The summed E-state index contributed by atoms with van der Waals surface area (Å²) in [4.78, 5) is 13.8. The normalized spacial score (nSPS) is 12.9. The highest BCUT2D eigenvalue weighted by atomic mass is 16.2. The van der Waals surface area contributed by atoms with E-state index in [1.807, 2.05) is 0 Å². The lowest BCUT2D eigenvalue weighted by Crippen LogP contribution is -2.33. The molecule has 0 aliphatic rings. The second kappa shape index (κ2) is 7.37.